The van der Waals surface area contributed by atoms with Crippen molar-refractivity contribution in [3.63, 3.8) is 0 Å². The number of piperazine rings is 1. The van der Waals surface area contributed by atoms with Gasteiger partial charge in [0.2, 0.25) is 0 Å². The molecule has 0 saturated carbocycles. The van der Waals surface area contributed by atoms with Crippen molar-refractivity contribution < 1.29 is 5.11 Å². The fourth-order valence-corrected chi connectivity index (χ4v) is 2.64. The van der Waals surface area contributed by atoms with Gasteiger partial charge in [-0.1, -0.05) is 0 Å². The average Bonchev–Trinajstić information content (AvgIpc) is 2.32. The van der Waals surface area contributed by atoms with E-state index in [1.54, 1.807) is 0 Å². The fraction of sp³-hybridized carbons (Fsp3) is 1.00. The molecule has 0 amide bonds. The van der Waals surface area contributed by atoms with Crippen LogP contribution in [0.15, 0.2) is 0 Å². The number of hydrogen-bond acceptors (Lipinski definition) is 4. The molecular weight excluding hydrogens is 261 g/mol. The Labute approximate surface area is 117 Å². The van der Waals surface area contributed by atoms with Crippen molar-refractivity contribution in [3.8, 4) is 0 Å². The molecule has 0 aromatic heterocycles. The molecule has 0 radical (unpaired) electrons. The van der Waals surface area contributed by atoms with E-state index in [9.17, 15) is 0 Å². The van der Waals surface area contributed by atoms with Crippen molar-refractivity contribution in [2.24, 2.45) is 0 Å². The van der Waals surface area contributed by atoms with Gasteiger partial charge < -0.3 is 10.4 Å². The molecule has 1 atom stereocenters. The molecule has 0 aliphatic carbocycles. The van der Waals surface area contributed by atoms with E-state index in [-0.39, 0.29) is 24.8 Å². The maximum atomic E-state index is 8.87. The maximum absolute atomic E-state index is 8.87. The highest BCUT2D eigenvalue weighted by Gasteiger charge is 2.24. The first kappa shape index (κ1) is 17.4. The summed E-state index contributed by atoms with van der Waals surface area (Å²) >= 11 is 0. The largest absolute Gasteiger partial charge is 0.395 e. The molecule has 17 heavy (non-hydrogen) atoms. The van der Waals surface area contributed by atoms with E-state index in [1.165, 1.54) is 39.0 Å². The summed E-state index contributed by atoms with van der Waals surface area (Å²) in [4.78, 5) is 4.97. The number of aliphatic hydroxyl groups excluding tert-OH is 1. The lowest BCUT2D eigenvalue weighted by Gasteiger charge is -2.40. The van der Waals surface area contributed by atoms with Crippen molar-refractivity contribution in [2.45, 2.75) is 18.9 Å². The van der Waals surface area contributed by atoms with Gasteiger partial charge in [-0.2, -0.15) is 0 Å². The highest BCUT2D eigenvalue weighted by Crippen LogP contribution is 2.12. The summed E-state index contributed by atoms with van der Waals surface area (Å²) < 4.78 is 0. The van der Waals surface area contributed by atoms with Crippen LogP contribution in [-0.4, -0.2) is 73.4 Å². The molecule has 0 aromatic rings. The van der Waals surface area contributed by atoms with Gasteiger partial charge in [-0.25, -0.2) is 0 Å². The third-order valence-electron chi connectivity index (χ3n) is 3.61. The van der Waals surface area contributed by atoms with E-state index in [1.807, 2.05) is 0 Å². The quantitative estimate of drug-likeness (QED) is 0.777. The van der Waals surface area contributed by atoms with Gasteiger partial charge in [0.05, 0.1) is 6.61 Å². The molecule has 104 valence electrons. The van der Waals surface area contributed by atoms with Crippen LogP contribution < -0.4 is 5.32 Å². The average molecular weight is 286 g/mol. The Bertz CT molecular complexity index is 184. The second-order valence-corrected chi connectivity index (χ2v) is 4.60. The smallest absolute Gasteiger partial charge is 0.0558 e. The molecule has 4 nitrogen and oxygen atoms in total. The minimum Gasteiger partial charge on any atom is -0.395 e. The third kappa shape index (κ3) is 5.28. The van der Waals surface area contributed by atoms with Crippen LogP contribution in [0.4, 0.5) is 0 Å². The Kier molecular flexibility index (Phi) is 9.59. The number of rotatable bonds is 3. The molecule has 2 fully saturated rings. The lowest BCUT2D eigenvalue weighted by atomic mass is 10.1. The van der Waals surface area contributed by atoms with Gasteiger partial charge >= 0.3 is 0 Å². The Balaban J connectivity index is 0.00000128. The minimum atomic E-state index is 0. The number of nitrogens with zero attached hydrogens (tertiary/aromatic N) is 2. The summed E-state index contributed by atoms with van der Waals surface area (Å²) in [6, 6.07) is 0.759. The van der Waals surface area contributed by atoms with E-state index in [0.717, 1.165) is 25.7 Å². The molecule has 0 spiro atoms. The summed E-state index contributed by atoms with van der Waals surface area (Å²) in [5.41, 5.74) is 0. The molecule has 2 aliphatic rings. The zero-order valence-corrected chi connectivity index (χ0v) is 11.9. The van der Waals surface area contributed by atoms with Crippen LogP contribution in [0.5, 0.6) is 0 Å². The summed E-state index contributed by atoms with van der Waals surface area (Å²) in [6.07, 6.45) is 2.68. The SMILES string of the molecule is Cl.Cl.OCCN1CCN(C2CCCNC2)CC1. The highest BCUT2D eigenvalue weighted by atomic mass is 35.5. The zero-order valence-electron chi connectivity index (χ0n) is 10.3. The molecule has 2 N–H and O–H groups in total. The topological polar surface area (TPSA) is 38.7 Å². The van der Waals surface area contributed by atoms with Crippen LogP contribution in [0.2, 0.25) is 0 Å². The third-order valence-corrected chi connectivity index (χ3v) is 3.61. The van der Waals surface area contributed by atoms with Crippen LogP contribution in [0.1, 0.15) is 12.8 Å². The number of nitrogens with one attached hydrogen (secondary N) is 1. The molecule has 1 unspecified atom stereocenters. The summed E-state index contributed by atoms with van der Waals surface area (Å²) in [5, 5.41) is 12.3. The van der Waals surface area contributed by atoms with Crippen molar-refractivity contribution in [3.05, 3.63) is 0 Å². The first-order valence-electron chi connectivity index (χ1n) is 6.18. The molecule has 2 aliphatic heterocycles. The second kappa shape index (κ2) is 9.36. The number of halogens is 2. The molecule has 2 heterocycles. The van der Waals surface area contributed by atoms with Crippen LogP contribution in [0.3, 0.4) is 0 Å². The molecule has 0 aromatic carbocycles. The van der Waals surface area contributed by atoms with Crippen molar-refractivity contribution in [2.75, 3.05) is 52.4 Å². The molecule has 2 saturated heterocycles. The summed E-state index contributed by atoms with van der Waals surface area (Å²) in [5.74, 6) is 0. The van der Waals surface area contributed by atoms with Crippen molar-refractivity contribution >= 4 is 24.8 Å². The predicted molar refractivity (Wildman–Crippen MR) is 75.5 cm³/mol. The normalized spacial score (nSPS) is 27.0. The van der Waals surface area contributed by atoms with Gasteiger partial charge in [0.1, 0.15) is 0 Å². The highest BCUT2D eigenvalue weighted by molar-refractivity contribution is 5.85. The van der Waals surface area contributed by atoms with Gasteiger partial charge in [0.15, 0.2) is 0 Å². The van der Waals surface area contributed by atoms with Crippen LogP contribution in [0.25, 0.3) is 0 Å². The molecular formula is C11H25Cl2N3O. The Morgan fingerprint density at radius 2 is 1.82 bits per heavy atom. The van der Waals surface area contributed by atoms with E-state index in [2.05, 4.69) is 15.1 Å². The maximum Gasteiger partial charge on any atom is 0.0558 e. The monoisotopic (exact) mass is 285 g/mol. The first-order chi connectivity index (χ1) is 7.40. The molecule has 6 heteroatoms. The van der Waals surface area contributed by atoms with Crippen LogP contribution in [-0.2, 0) is 0 Å². The number of aliphatic hydroxyl groups is 1. The Hall–Kier alpha value is 0.420. The van der Waals surface area contributed by atoms with E-state index in [4.69, 9.17) is 5.11 Å². The van der Waals surface area contributed by atoms with Crippen molar-refractivity contribution in [1.29, 1.82) is 0 Å². The number of hydrogen-bond donors (Lipinski definition) is 2. The minimum absolute atomic E-state index is 0. The van der Waals surface area contributed by atoms with Gasteiger partial charge in [-0.05, 0) is 19.4 Å². The first-order valence-corrected chi connectivity index (χ1v) is 6.18. The van der Waals surface area contributed by atoms with E-state index >= 15 is 0 Å². The van der Waals surface area contributed by atoms with Crippen LogP contribution >= 0.6 is 24.8 Å². The predicted octanol–water partition coefficient (Wildman–Crippen LogP) is 0.192. The van der Waals surface area contributed by atoms with Gasteiger partial charge in [0, 0.05) is 45.3 Å². The van der Waals surface area contributed by atoms with Crippen molar-refractivity contribution in [1.82, 2.24) is 15.1 Å². The number of piperidine rings is 1. The van der Waals surface area contributed by atoms with E-state index in [0.29, 0.717) is 6.61 Å². The molecule has 0 bridgehead atoms. The van der Waals surface area contributed by atoms with Gasteiger partial charge in [-0.3, -0.25) is 9.80 Å². The Morgan fingerprint density at radius 3 is 2.35 bits per heavy atom. The fourth-order valence-electron chi connectivity index (χ4n) is 2.64. The molecule has 2 rings (SSSR count). The lowest BCUT2D eigenvalue weighted by molar-refractivity contribution is 0.0743. The summed E-state index contributed by atoms with van der Waals surface area (Å²) in [6.45, 7) is 8.09. The summed E-state index contributed by atoms with van der Waals surface area (Å²) in [7, 11) is 0. The van der Waals surface area contributed by atoms with Gasteiger partial charge in [0.25, 0.3) is 0 Å². The zero-order chi connectivity index (χ0) is 10.5. The lowest BCUT2D eigenvalue weighted by Crippen LogP contribution is -2.54. The number of β-amino-alcohol motifs (C(OH)–C–C–N with tert-alkyl or cyclic N) is 1. The second-order valence-electron chi connectivity index (χ2n) is 4.60. The van der Waals surface area contributed by atoms with E-state index < -0.39 is 0 Å². The Morgan fingerprint density at radius 1 is 1.12 bits per heavy atom. The van der Waals surface area contributed by atoms with Gasteiger partial charge in [-0.15, -0.1) is 24.8 Å². The standard InChI is InChI=1S/C11H23N3O.2ClH/c15-9-8-13-4-6-14(7-5-13)11-2-1-3-12-10-11;;/h11-12,15H,1-10H2;2*1H. The van der Waals surface area contributed by atoms with Crippen LogP contribution in [0, 0.1) is 0 Å².